The Labute approximate surface area is 342 Å². The van der Waals surface area contributed by atoms with Gasteiger partial charge in [0.15, 0.2) is 23.3 Å². The van der Waals surface area contributed by atoms with Crippen LogP contribution in [-0.4, -0.2) is 29.3 Å². The van der Waals surface area contributed by atoms with Crippen LogP contribution in [0.15, 0.2) is 186 Å². The van der Waals surface area contributed by atoms with Gasteiger partial charge in [0.1, 0.15) is 5.58 Å². The monoisotopic (exact) mass is 766 g/mol. The fourth-order valence-electron chi connectivity index (χ4n) is 9.15. The molecule has 8 aromatic carbocycles. The quantitative estimate of drug-likeness (QED) is 0.128. The highest BCUT2D eigenvalue weighted by Crippen LogP contribution is 2.44. The first kappa shape index (κ1) is 32.8. The number of nitrogens with zero attached hydrogens (tertiary/aromatic N) is 6. The summed E-state index contributed by atoms with van der Waals surface area (Å²) in [6.45, 7) is 0. The number of pyridine rings is 1. The maximum absolute atomic E-state index is 6.92. The Balaban J connectivity index is 1.09. The lowest BCUT2D eigenvalue weighted by atomic mass is 9.97. The van der Waals surface area contributed by atoms with E-state index in [4.69, 9.17) is 29.3 Å². The number of rotatable bonds is 5. The Hall–Kier alpha value is -8.29. The Morgan fingerprint density at radius 3 is 1.65 bits per heavy atom. The molecule has 60 heavy (non-hydrogen) atoms. The lowest BCUT2D eigenvalue weighted by Gasteiger charge is -2.14. The third kappa shape index (κ3) is 4.80. The number of aromatic nitrogens is 6. The molecular weight excluding hydrogens is 737 g/mol. The minimum Gasteiger partial charge on any atom is -0.437 e. The van der Waals surface area contributed by atoms with Crippen LogP contribution in [-0.2, 0) is 0 Å². The second-order valence-corrected chi connectivity index (χ2v) is 15.2. The summed E-state index contributed by atoms with van der Waals surface area (Å²) in [4.78, 5) is 25.8. The van der Waals surface area contributed by atoms with E-state index in [-0.39, 0.29) is 0 Å². The van der Waals surface area contributed by atoms with E-state index in [2.05, 4.69) is 95.4 Å². The molecule has 0 unspecified atom stereocenters. The van der Waals surface area contributed by atoms with Gasteiger partial charge in [-0.3, -0.25) is 0 Å². The lowest BCUT2D eigenvalue weighted by molar-refractivity contribution is 0.654. The zero-order valence-electron chi connectivity index (χ0n) is 31.9. The molecular formula is C53H30N6O. The molecule has 0 spiro atoms. The smallest absolute Gasteiger partial charge is 0.231 e. The number of benzene rings is 8. The molecule has 0 aliphatic rings. The largest absolute Gasteiger partial charge is 0.437 e. The van der Waals surface area contributed by atoms with E-state index in [9.17, 15) is 0 Å². The Morgan fingerprint density at radius 1 is 0.367 bits per heavy atom. The van der Waals surface area contributed by atoms with Crippen LogP contribution in [0.5, 0.6) is 0 Å². The van der Waals surface area contributed by atoms with Crippen molar-refractivity contribution in [2.45, 2.75) is 0 Å². The van der Waals surface area contributed by atoms with E-state index >= 15 is 0 Å². The minimum atomic E-state index is 0.491. The van der Waals surface area contributed by atoms with E-state index < -0.39 is 0 Å². The summed E-state index contributed by atoms with van der Waals surface area (Å²) < 4.78 is 9.34. The van der Waals surface area contributed by atoms with Crippen molar-refractivity contribution in [3.05, 3.63) is 182 Å². The Bertz CT molecular complexity index is 3760. The maximum Gasteiger partial charge on any atom is 0.231 e. The van der Waals surface area contributed by atoms with E-state index in [1.54, 1.807) is 0 Å². The van der Waals surface area contributed by atoms with Crippen molar-refractivity contribution in [1.29, 1.82) is 0 Å². The molecule has 0 N–H and O–H groups in total. The first-order valence-corrected chi connectivity index (χ1v) is 20.0. The van der Waals surface area contributed by atoms with Crippen LogP contribution in [0.3, 0.4) is 0 Å². The SMILES string of the molecule is c1ccc(-c2nc(-c3ccccc3)nc(-c3cccc4c3oc3nc(-c5cc6c7cccc8cccc(c87)n7c8ccccc8c(c5)c67)nc(-c5ccccc5)c34)n2)cc1. The number of hydrogen-bond acceptors (Lipinski definition) is 6. The van der Waals surface area contributed by atoms with Crippen molar-refractivity contribution >= 4 is 70.9 Å². The van der Waals surface area contributed by atoms with Crippen molar-refractivity contribution in [2.24, 2.45) is 0 Å². The average molecular weight is 767 g/mol. The van der Waals surface area contributed by atoms with Gasteiger partial charge in [-0.15, -0.1) is 0 Å². The molecule has 13 aromatic rings. The topological polar surface area (TPSA) is 82.0 Å². The second kappa shape index (κ2) is 12.6. The van der Waals surface area contributed by atoms with Crippen LogP contribution < -0.4 is 0 Å². The molecule has 13 rings (SSSR count). The summed E-state index contributed by atoms with van der Waals surface area (Å²) in [5.74, 6) is 2.26. The molecule has 0 saturated heterocycles. The average Bonchev–Trinajstić information content (AvgIpc) is 3.87. The molecule has 5 heterocycles. The molecule has 0 atom stereocenters. The van der Waals surface area contributed by atoms with Crippen LogP contribution in [0.25, 0.3) is 128 Å². The summed E-state index contributed by atoms with van der Waals surface area (Å²) >= 11 is 0. The highest BCUT2D eigenvalue weighted by molar-refractivity contribution is 6.27. The van der Waals surface area contributed by atoms with Gasteiger partial charge < -0.3 is 8.82 Å². The zero-order chi connectivity index (χ0) is 39.3. The fourth-order valence-corrected chi connectivity index (χ4v) is 9.15. The molecule has 0 amide bonds. The summed E-state index contributed by atoms with van der Waals surface area (Å²) in [7, 11) is 0. The molecule has 7 nitrogen and oxygen atoms in total. The first-order chi connectivity index (χ1) is 29.7. The molecule has 0 aliphatic carbocycles. The van der Waals surface area contributed by atoms with Gasteiger partial charge in [-0.25, -0.2) is 19.9 Å². The van der Waals surface area contributed by atoms with Crippen LogP contribution in [0.4, 0.5) is 0 Å². The van der Waals surface area contributed by atoms with Gasteiger partial charge in [0.25, 0.3) is 0 Å². The predicted octanol–water partition coefficient (Wildman–Crippen LogP) is 13.2. The summed E-state index contributed by atoms with van der Waals surface area (Å²) in [5, 5.41) is 8.85. The summed E-state index contributed by atoms with van der Waals surface area (Å²) in [6.07, 6.45) is 0. The number of fused-ring (bicyclic) bond motifs is 8. The molecule has 0 aliphatic heterocycles. The fraction of sp³-hybridized carbons (Fsp3) is 0. The van der Waals surface area contributed by atoms with Gasteiger partial charge >= 0.3 is 0 Å². The standard InChI is InChI=1S/C53H30N6O/c1-4-15-32(16-5-1)46-45-38-25-14-26-39(52-56-49(33-17-6-2-7-18-33)55-50(57-52)34-19-8-3-9-20-34)48(38)60-53(45)58-51(54-46)35-29-40-36-23-10-11-27-42(36)59-43-28-13-22-31-21-12-24-37(44(31)43)41(30-35)47(40)59/h1-30H. The summed E-state index contributed by atoms with van der Waals surface area (Å²) in [6, 6.07) is 62.7. The first-order valence-electron chi connectivity index (χ1n) is 20.0. The summed E-state index contributed by atoms with van der Waals surface area (Å²) in [5.41, 5.74) is 9.89. The van der Waals surface area contributed by atoms with E-state index in [0.717, 1.165) is 55.1 Å². The highest BCUT2D eigenvalue weighted by Gasteiger charge is 2.24. The number of hydrogen-bond donors (Lipinski definition) is 0. The molecule has 0 saturated carbocycles. The maximum atomic E-state index is 6.92. The number of furan rings is 1. The van der Waals surface area contributed by atoms with Crippen LogP contribution in [0.2, 0.25) is 0 Å². The Kier molecular flexibility index (Phi) is 6.88. The van der Waals surface area contributed by atoms with Gasteiger partial charge in [0.2, 0.25) is 5.71 Å². The van der Waals surface area contributed by atoms with E-state index in [1.807, 2.05) is 91.0 Å². The molecule has 7 heteroatoms. The zero-order valence-corrected chi connectivity index (χ0v) is 31.9. The van der Waals surface area contributed by atoms with Gasteiger partial charge in [0, 0.05) is 49.2 Å². The normalized spacial score (nSPS) is 12.0. The Morgan fingerprint density at radius 2 is 0.917 bits per heavy atom. The van der Waals surface area contributed by atoms with Gasteiger partial charge in [-0.1, -0.05) is 152 Å². The minimum absolute atomic E-state index is 0.491. The molecule has 0 bridgehead atoms. The molecule has 0 fully saturated rings. The van der Waals surface area contributed by atoms with E-state index in [1.165, 1.54) is 38.1 Å². The van der Waals surface area contributed by atoms with Crippen molar-refractivity contribution in [1.82, 2.24) is 29.3 Å². The molecule has 5 aromatic heterocycles. The lowest BCUT2D eigenvalue weighted by Crippen LogP contribution is -2.00. The predicted molar refractivity (Wildman–Crippen MR) is 242 cm³/mol. The van der Waals surface area contributed by atoms with Crippen LogP contribution in [0.1, 0.15) is 0 Å². The number of para-hydroxylation sites is 2. The van der Waals surface area contributed by atoms with Crippen LogP contribution in [0, 0.1) is 0 Å². The van der Waals surface area contributed by atoms with Gasteiger partial charge in [0.05, 0.1) is 33.2 Å². The van der Waals surface area contributed by atoms with Crippen molar-refractivity contribution in [2.75, 3.05) is 0 Å². The van der Waals surface area contributed by atoms with Crippen molar-refractivity contribution in [3.63, 3.8) is 0 Å². The molecule has 0 radical (unpaired) electrons. The van der Waals surface area contributed by atoms with Crippen LogP contribution >= 0.6 is 0 Å². The molecule has 278 valence electrons. The third-order valence-electron chi connectivity index (χ3n) is 11.8. The van der Waals surface area contributed by atoms with Crippen molar-refractivity contribution < 1.29 is 4.42 Å². The highest BCUT2D eigenvalue weighted by atomic mass is 16.3. The van der Waals surface area contributed by atoms with Gasteiger partial charge in [-0.2, -0.15) is 4.98 Å². The second-order valence-electron chi connectivity index (χ2n) is 15.2. The third-order valence-corrected chi connectivity index (χ3v) is 11.8. The van der Waals surface area contributed by atoms with Gasteiger partial charge in [-0.05, 0) is 41.1 Å². The van der Waals surface area contributed by atoms with E-state index in [0.29, 0.717) is 34.6 Å². The van der Waals surface area contributed by atoms with Crippen molar-refractivity contribution in [3.8, 4) is 56.8 Å².